The van der Waals surface area contributed by atoms with Crippen molar-refractivity contribution in [2.75, 3.05) is 19.6 Å². The number of hydrogen-bond acceptors (Lipinski definition) is 1. The molecule has 1 aliphatic carbocycles. The molecule has 0 bridgehead atoms. The van der Waals surface area contributed by atoms with Crippen molar-refractivity contribution in [3.63, 3.8) is 0 Å². The first-order valence-electron chi connectivity index (χ1n) is 7.34. The second-order valence-corrected chi connectivity index (χ2v) is 6.27. The summed E-state index contributed by atoms with van der Waals surface area (Å²) in [4.78, 5) is 2.71. The molecular weight excluding hydrogens is 194 g/mol. The Labute approximate surface area is 103 Å². The van der Waals surface area contributed by atoms with Crippen LogP contribution in [0.4, 0.5) is 0 Å². The molecule has 1 aliphatic rings. The Balaban J connectivity index is 2.26. The molecule has 1 heteroatoms. The summed E-state index contributed by atoms with van der Waals surface area (Å²) in [6.45, 7) is 13.4. The topological polar surface area (TPSA) is 3.24 Å². The number of nitrogens with zero attached hydrogens (tertiary/aromatic N) is 1. The largest absolute Gasteiger partial charge is 0.303 e. The summed E-state index contributed by atoms with van der Waals surface area (Å²) in [5.74, 6) is 2.83. The standard InChI is InChI=1S/C15H31N/c1-5-9-16(10-8-13(2)3)12-15-7-6-14(4)11-15/h13-15H,5-12H2,1-4H3. The highest BCUT2D eigenvalue weighted by atomic mass is 15.1. The van der Waals surface area contributed by atoms with E-state index in [2.05, 4.69) is 32.6 Å². The maximum Gasteiger partial charge on any atom is 0.000976 e. The van der Waals surface area contributed by atoms with Gasteiger partial charge in [-0.05, 0) is 56.5 Å². The van der Waals surface area contributed by atoms with Crippen molar-refractivity contribution in [3.8, 4) is 0 Å². The first-order valence-corrected chi connectivity index (χ1v) is 7.34. The van der Waals surface area contributed by atoms with E-state index >= 15 is 0 Å². The quantitative estimate of drug-likeness (QED) is 0.628. The van der Waals surface area contributed by atoms with Gasteiger partial charge in [0.15, 0.2) is 0 Å². The molecule has 0 N–H and O–H groups in total. The summed E-state index contributed by atoms with van der Waals surface area (Å²) in [6, 6.07) is 0. The summed E-state index contributed by atoms with van der Waals surface area (Å²) in [5.41, 5.74) is 0. The van der Waals surface area contributed by atoms with E-state index in [0.29, 0.717) is 0 Å². The average Bonchev–Trinajstić information content (AvgIpc) is 2.61. The third kappa shape index (κ3) is 5.34. The van der Waals surface area contributed by atoms with Gasteiger partial charge in [-0.1, -0.05) is 34.1 Å². The van der Waals surface area contributed by atoms with Crippen molar-refractivity contribution in [3.05, 3.63) is 0 Å². The summed E-state index contributed by atoms with van der Waals surface area (Å²) in [6.07, 6.45) is 7.09. The van der Waals surface area contributed by atoms with Gasteiger partial charge in [-0.3, -0.25) is 0 Å². The van der Waals surface area contributed by atoms with Crippen LogP contribution in [0.25, 0.3) is 0 Å². The fourth-order valence-corrected chi connectivity index (χ4v) is 2.91. The predicted octanol–water partition coefficient (Wildman–Crippen LogP) is 4.18. The van der Waals surface area contributed by atoms with Gasteiger partial charge in [0.1, 0.15) is 0 Å². The molecule has 0 aromatic heterocycles. The smallest absolute Gasteiger partial charge is 0.000976 e. The highest BCUT2D eigenvalue weighted by Gasteiger charge is 2.23. The SMILES string of the molecule is CCCN(CCC(C)C)CC1CCC(C)C1. The highest BCUT2D eigenvalue weighted by Crippen LogP contribution is 2.30. The molecule has 2 atom stereocenters. The van der Waals surface area contributed by atoms with E-state index < -0.39 is 0 Å². The van der Waals surface area contributed by atoms with Gasteiger partial charge >= 0.3 is 0 Å². The van der Waals surface area contributed by atoms with Crippen LogP contribution < -0.4 is 0 Å². The minimum atomic E-state index is 0.849. The first kappa shape index (κ1) is 14.0. The Hall–Kier alpha value is -0.0400. The number of hydrogen-bond donors (Lipinski definition) is 0. The fourth-order valence-electron chi connectivity index (χ4n) is 2.91. The molecule has 0 aliphatic heterocycles. The van der Waals surface area contributed by atoms with Crippen molar-refractivity contribution in [2.45, 2.75) is 59.8 Å². The zero-order chi connectivity index (χ0) is 12.0. The van der Waals surface area contributed by atoms with Crippen LogP contribution in [-0.2, 0) is 0 Å². The molecule has 1 saturated carbocycles. The van der Waals surface area contributed by atoms with Gasteiger partial charge in [0, 0.05) is 6.54 Å². The molecule has 1 nitrogen and oxygen atoms in total. The lowest BCUT2D eigenvalue weighted by Crippen LogP contribution is -2.31. The molecular formula is C15H31N. The molecule has 0 spiro atoms. The van der Waals surface area contributed by atoms with Crippen molar-refractivity contribution in [1.29, 1.82) is 0 Å². The lowest BCUT2D eigenvalue weighted by molar-refractivity contribution is 0.218. The van der Waals surface area contributed by atoms with Crippen molar-refractivity contribution >= 4 is 0 Å². The minimum Gasteiger partial charge on any atom is -0.303 e. The van der Waals surface area contributed by atoms with Crippen LogP contribution in [0.1, 0.15) is 59.8 Å². The zero-order valence-corrected chi connectivity index (χ0v) is 11.8. The van der Waals surface area contributed by atoms with Crippen molar-refractivity contribution in [1.82, 2.24) is 4.90 Å². The molecule has 0 saturated heterocycles. The summed E-state index contributed by atoms with van der Waals surface area (Å²) in [5, 5.41) is 0. The lowest BCUT2D eigenvalue weighted by Gasteiger charge is -2.25. The van der Waals surface area contributed by atoms with Crippen LogP contribution in [0.15, 0.2) is 0 Å². The zero-order valence-electron chi connectivity index (χ0n) is 11.8. The van der Waals surface area contributed by atoms with E-state index in [1.807, 2.05) is 0 Å². The second kappa shape index (κ2) is 7.32. The molecule has 2 unspecified atom stereocenters. The van der Waals surface area contributed by atoms with E-state index in [9.17, 15) is 0 Å². The van der Waals surface area contributed by atoms with Gasteiger partial charge in [-0.25, -0.2) is 0 Å². The Morgan fingerprint density at radius 3 is 2.44 bits per heavy atom. The van der Waals surface area contributed by atoms with E-state index in [4.69, 9.17) is 0 Å². The second-order valence-electron chi connectivity index (χ2n) is 6.27. The predicted molar refractivity (Wildman–Crippen MR) is 72.7 cm³/mol. The summed E-state index contributed by atoms with van der Waals surface area (Å²) >= 11 is 0. The van der Waals surface area contributed by atoms with E-state index in [1.54, 1.807) is 0 Å². The average molecular weight is 225 g/mol. The van der Waals surface area contributed by atoms with Gasteiger partial charge in [-0.2, -0.15) is 0 Å². The molecule has 96 valence electrons. The van der Waals surface area contributed by atoms with Crippen LogP contribution in [0, 0.1) is 17.8 Å². The Kier molecular flexibility index (Phi) is 6.41. The van der Waals surface area contributed by atoms with E-state index in [-0.39, 0.29) is 0 Å². The molecule has 1 fully saturated rings. The Morgan fingerprint density at radius 2 is 1.94 bits per heavy atom. The van der Waals surface area contributed by atoms with Gasteiger partial charge in [0.2, 0.25) is 0 Å². The first-order chi connectivity index (χ1) is 7.61. The van der Waals surface area contributed by atoms with Gasteiger partial charge in [-0.15, -0.1) is 0 Å². The van der Waals surface area contributed by atoms with Crippen molar-refractivity contribution < 1.29 is 0 Å². The van der Waals surface area contributed by atoms with Crippen LogP contribution >= 0.6 is 0 Å². The number of rotatable bonds is 7. The molecule has 0 radical (unpaired) electrons. The maximum absolute atomic E-state index is 2.71. The van der Waals surface area contributed by atoms with E-state index in [0.717, 1.165) is 17.8 Å². The van der Waals surface area contributed by atoms with Crippen molar-refractivity contribution in [2.24, 2.45) is 17.8 Å². The summed E-state index contributed by atoms with van der Waals surface area (Å²) in [7, 11) is 0. The third-order valence-electron chi connectivity index (χ3n) is 3.88. The normalized spacial score (nSPS) is 25.9. The van der Waals surface area contributed by atoms with Crippen LogP contribution in [-0.4, -0.2) is 24.5 Å². The van der Waals surface area contributed by atoms with E-state index in [1.165, 1.54) is 51.7 Å². The lowest BCUT2D eigenvalue weighted by atomic mass is 10.0. The van der Waals surface area contributed by atoms with Gasteiger partial charge in [0.05, 0.1) is 0 Å². The Bertz CT molecular complexity index is 176. The molecule has 0 aromatic rings. The summed E-state index contributed by atoms with van der Waals surface area (Å²) < 4.78 is 0. The molecule has 0 aromatic carbocycles. The molecule has 16 heavy (non-hydrogen) atoms. The Morgan fingerprint density at radius 1 is 1.19 bits per heavy atom. The fraction of sp³-hybridized carbons (Fsp3) is 1.00. The molecule has 0 amide bonds. The minimum absolute atomic E-state index is 0.849. The molecule has 0 heterocycles. The monoisotopic (exact) mass is 225 g/mol. The van der Waals surface area contributed by atoms with Crippen LogP contribution in [0.3, 0.4) is 0 Å². The van der Waals surface area contributed by atoms with Crippen LogP contribution in [0.2, 0.25) is 0 Å². The third-order valence-corrected chi connectivity index (χ3v) is 3.88. The molecule has 1 rings (SSSR count). The van der Waals surface area contributed by atoms with Crippen LogP contribution in [0.5, 0.6) is 0 Å². The highest BCUT2D eigenvalue weighted by molar-refractivity contribution is 4.76. The van der Waals surface area contributed by atoms with Gasteiger partial charge < -0.3 is 4.90 Å². The maximum atomic E-state index is 2.71. The van der Waals surface area contributed by atoms with Gasteiger partial charge in [0.25, 0.3) is 0 Å².